The topological polar surface area (TPSA) is 17.1 Å². The standard InChI is InChI=1S/C14H20.C6H12O.C2H6/c1-2-12-7-9-14(10-8-12)11-13-5-3-4-6-13;1-3-4-5-6(2)7;1-2/h7-10,13H,2-6,11H2,1H3;3-5H2,1-2H3;1-2H3. The number of aryl methyl sites for hydroxylation is 1. The van der Waals surface area contributed by atoms with Crippen LogP contribution in [0.1, 0.15) is 90.7 Å². The first kappa shape index (κ1) is 21.9. The molecule has 0 unspecified atom stereocenters. The molecule has 1 aliphatic carbocycles. The highest BCUT2D eigenvalue weighted by Gasteiger charge is 2.14. The van der Waals surface area contributed by atoms with E-state index in [4.69, 9.17) is 0 Å². The summed E-state index contributed by atoms with van der Waals surface area (Å²) in [6.07, 6.45) is 11.2. The summed E-state index contributed by atoms with van der Waals surface area (Å²) in [5, 5.41) is 0. The fraction of sp³-hybridized carbons (Fsp3) is 0.682. The molecule has 0 aliphatic heterocycles. The van der Waals surface area contributed by atoms with Gasteiger partial charge in [-0.05, 0) is 43.2 Å². The average Bonchev–Trinajstić information content (AvgIpc) is 3.09. The van der Waals surface area contributed by atoms with Crippen molar-refractivity contribution in [1.82, 2.24) is 0 Å². The maximum Gasteiger partial charge on any atom is 0.129 e. The Morgan fingerprint density at radius 1 is 1.00 bits per heavy atom. The van der Waals surface area contributed by atoms with Gasteiger partial charge >= 0.3 is 0 Å². The molecule has 23 heavy (non-hydrogen) atoms. The van der Waals surface area contributed by atoms with Crippen LogP contribution in [0, 0.1) is 5.92 Å². The van der Waals surface area contributed by atoms with Gasteiger partial charge in [0.1, 0.15) is 5.78 Å². The number of hydrogen-bond donors (Lipinski definition) is 0. The third-order valence-electron chi connectivity index (χ3n) is 4.31. The summed E-state index contributed by atoms with van der Waals surface area (Å²) < 4.78 is 0. The molecule has 0 N–H and O–H groups in total. The second kappa shape index (κ2) is 14.5. The van der Waals surface area contributed by atoms with Crippen molar-refractivity contribution in [3.05, 3.63) is 35.4 Å². The van der Waals surface area contributed by atoms with Crippen molar-refractivity contribution in [2.75, 3.05) is 0 Å². The molecule has 132 valence electrons. The summed E-state index contributed by atoms with van der Waals surface area (Å²) >= 11 is 0. The van der Waals surface area contributed by atoms with E-state index in [-0.39, 0.29) is 0 Å². The summed E-state index contributed by atoms with van der Waals surface area (Å²) in [5.74, 6) is 1.28. The molecule has 2 rings (SSSR count). The maximum atomic E-state index is 10.2. The van der Waals surface area contributed by atoms with Crippen LogP contribution in [0.3, 0.4) is 0 Å². The van der Waals surface area contributed by atoms with Crippen molar-refractivity contribution < 1.29 is 4.79 Å². The van der Waals surface area contributed by atoms with E-state index >= 15 is 0 Å². The van der Waals surface area contributed by atoms with Crippen LogP contribution in [-0.4, -0.2) is 5.78 Å². The van der Waals surface area contributed by atoms with Gasteiger partial charge in [-0.25, -0.2) is 0 Å². The van der Waals surface area contributed by atoms with Crippen molar-refractivity contribution in [2.24, 2.45) is 5.92 Å². The molecule has 1 fully saturated rings. The number of carbonyl (C=O) groups excluding carboxylic acids is 1. The minimum absolute atomic E-state index is 0.307. The lowest BCUT2D eigenvalue weighted by Gasteiger charge is -2.08. The minimum Gasteiger partial charge on any atom is -0.300 e. The Bertz CT molecular complexity index is 385. The molecular formula is C22H38O. The fourth-order valence-electron chi connectivity index (χ4n) is 2.88. The number of benzene rings is 1. The molecule has 1 saturated carbocycles. The average molecular weight is 319 g/mol. The predicted molar refractivity (Wildman–Crippen MR) is 103 cm³/mol. The molecule has 1 nitrogen and oxygen atoms in total. The highest BCUT2D eigenvalue weighted by molar-refractivity contribution is 5.75. The van der Waals surface area contributed by atoms with Crippen LogP contribution in [0.5, 0.6) is 0 Å². The lowest BCUT2D eigenvalue weighted by molar-refractivity contribution is -0.117. The first-order valence-corrected chi connectivity index (χ1v) is 9.73. The zero-order valence-electron chi connectivity index (χ0n) is 16.2. The van der Waals surface area contributed by atoms with E-state index in [0.717, 1.165) is 31.6 Å². The highest BCUT2D eigenvalue weighted by atomic mass is 16.1. The second-order valence-corrected chi connectivity index (χ2v) is 6.33. The first-order chi connectivity index (χ1) is 11.2. The normalized spacial score (nSPS) is 13.6. The summed E-state index contributed by atoms with van der Waals surface area (Å²) in [5.41, 5.74) is 2.99. The van der Waals surface area contributed by atoms with Crippen LogP contribution >= 0.6 is 0 Å². The second-order valence-electron chi connectivity index (χ2n) is 6.33. The third-order valence-corrected chi connectivity index (χ3v) is 4.31. The SMILES string of the molecule is CC.CCCCC(C)=O.CCc1ccc(CC2CCCC2)cc1. The smallest absolute Gasteiger partial charge is 0.129 e. The molecule has 0 bridgehead atoms. The fourth-order valence-corrected chi connectivity index (χ4v) is 2.88. The first-order valence-electron chi connectivity index (χ1n) is 9.73. The minimum atomic E-state index is 0.307. The Balaban J connectivity index is 0.000000460. The zero-order chi connectivity index (χ0) is 17.5. The van der Waals surface area contributed by atoms with Gasteiger partial charge in [0, 0.05) is 6.42 Å². The van der Waals surface area contributed by atoms with E-state index in [1.165, 1.54) is 43.2 Å². The van der Waals surface area contributed by atoms with Gasteiger partial charge in [0.25, 0.3) is 0 Å². The highest BCUT2D eigenvalue weighted by Crippen LogP contribution is 2.27. The lowest BCUT2D eigenvalue weighted by Crippen LogP contribution is -1.98. The Hall–Kier alpha value is -1.11. The number of rotatable bonds is 6. The van der Waals surface area contributed by atoms with Crippen LogP contribution in [-0.2, 0) is 17.6 Å². The van der Waals surface area contributed by atoms with Gasteiger partial charge < -0.3 is 4.79 Å². The van der Waals surface area contributed by atoms with Gasteiger partial charge in [-0.3, -0.25) is 0 Å². The molecule has 0 spiro atoms. The molecule has 0 radical (unpaired) electrons. The van der Waals surface area contributed by atoms with Crippen LogP contribution in [0.4, 0.5) is 0 Å². The summed E-state index contributed by atoms with van der Waals surface area (Å²) in [4.78, 5) is 10.2. The molecule has 0 heterocycles. The Labute approximate surface area is 144 Å². The maximum absolute atomic E-state index is 10.2. The third kappa shape index (κ3) is 11.1. The van der Waals surface area contributed by atoms with Crippen LogP contribution in [0.15, 0.2) is 24.3 Å². The van der Waals surface area contributed by atoms with Crippen molar-refractivity contribution in [2.45, 2.75) is 92.4 Å². The summed E-state index contributed by atoms with van der Waals surface area (Å²) in [6, 6.07) is 9.20. The Morgan fingerprint density at radius 3 is 1.91 bits per heavy atom. The van der Waals surface area contributed by atoms with Gasteiger partial charge in [-0.15, -0.1) is 0 Å². The molecule has 0 aromatic heterocycles. The lowest BCUT2D eigenvalue weighted by atomic mass is 9.97. The molecule has 0 atom stereocenters. The predicted octanol–water partition coefficient (Wildman–Crippen LogP) is 6.77. The van der Waals surface area contributed by atoms with Crippen LogP contribution in [0.25, 0.3) is 0 Å². The van der Waals surface area contributed by atoms with Gasteiger partial charge in [-0.2, -0.15) is 0 Å². The van der Waals surface area contributed by atoms with Crippen LogP contribution < -0.4 is 0 Å². The molecule has 1 aromatic carbocycles. The van der Waals surface area contributed by atoms with Gasteiger partial charge in [0.2, 0.25) is 0 Å². The van der Waals surface area contributed by atoms with Crippen LogP contribution in [0.2, 0.25) is 0 Å². The number of Topliss-reactive ketones (excluding diaryl/α,β-unsaturated/α-hetero) is 1. The number of carbonyl (C=O) groups is 1. The monoisotopic (exact) mass is 318 g/mol. The van der Waals surface area contributed by atoms with E-state index in [0.29, 0.717) is 5.78 Å². The van der Waals surface area contributed by atoms with Gasteiger partial charge in [0.05, 0.1) is 0 Å². The quantitative estimate of drug-likeness (QED) is 0.565. The molecule has 1 aliphatic rings. The summed E-state index contributed by atoms with van der Waals surface area (Å²) in [6.45, 7) is 9.94. The van der Waals surface area contributed by atoms with Gasteiger partial charge in [-0.1, -0.05) is 84.1 Å². The van der Waals surface area contributed by atoms with Crippen molar-refractivity contribution in [1.29, 1.82) is 0 Å². The van der Waals surface area contributed by atoms with E-state index < -0.39 is 0 Å². The van der Waals surface area contributed by atoms with E-state index in [2.05, 4.69) is 38.1 Å². The molecule has 0 amide bonds. The van der Waals surface area contributed by atoms with Crippen molar-refractivity contribution in [3.63, 3.8) is 0 Å². The molecule has 1 heteroatoms. The molecular weight excluding hydrogens is 280 g/mol. The summed E-state index contributed by atoms with van der Waals surface area (Å²) in [7, 11) is 0. The Morgan fingerprint density at radius 2 is 1.52 bits per heavy atom. The molecule has 1 aromatic rings. The number of unbranched alkanes of at least 4 members (excludes halogenated alkanes) is 1. The van der Waals surface area contributed by atoms with Crippen molar-refractivity contribution in [3.8, 4) is 0 Å². The van der Waals surface area contributed by atoms with Crippen molar-refractivity contribution >= 4 is 5.78 Å². The Kier molecular flexibility index (Phi) is 13.8. The number of ketones is 1. The number of hydrogen-bond acceptors (Lipinski definition) is 1. The molecule has 0 saturated heterocycles. The van der Waals surface area contributed by atoms with E-state index in [1.54, 1.807) is 6.92 Å². The largest absolute Gasteiger partial charge is 0.300 e. The van der Waals surface area contributed by atoms with E-state index in [1.807, 2.05) is 13.8 Å². The van der Waals surface area contributed by atoms with E-state index in [9.17, 15) is 4.79 Å². The van der Waals surface area contributed by atoms with Gasteiger partial charge in [0.15, 0.2) is 0 Å². The zero-order valence-corrected chi connectivity index (χ0v) is 16.2.